The van der Waals surface area contributed by atoms with Crippen molar-refractivity contribution in [2.24, 2.45) is 0 Å². The van der Waals surface area contributed by atoms with Crippen LogP contribution in [0.15, 0.2) is 0 Å². The van der Waals surface area contributed by atoms with E-state index in [1.807, 2.05) is 0 Å². The fourth-order valence-electron chi connectivity index (χ4n) is 3.81. The number of hydrogen-bond acceptors (Lipinski definition) is 6. The lowest BCUT2D eigenvalue weighted by Crippen LogP contribution is -2.55. The van der Waals surface area contributed by atoms with Crippen molar-refractivity contribution in [2.45, 2.75) is 128 Å². The van der Waals surface area contributed by atoms with Crippen molar-refractivity contribution < 1.29 is 24.8 Å². The average molecular weight is 433 g/mol. The summed E-state index contributed by atoms with van der Waals surface area (Å²) in [7, 11) is 0. The van der Waals surface area contributed by atoms with E-state index in [-0.39, 0.29) is 13.2 Å². The quantitative estimate of drug-likeness (QED) is 0.229. The summed E-state index contributed by atoms with van der Waals surface area (Å²) in [6.45, 7) is 2.07. The van der Waals surface area contributed by atoms with Crippen LogP contribution in [-0.2, 0) is 9.47 Å². The van der Waals surface area contributed by atoms with Crippen molar-refractivity contribution in [3.8, 4) is 0 Å². The van der Waals surface area contributed by atoms with Gasteiger partial charge >= 0.3 is 0 Å². The molecule has 0 amide bonds. The first kappa shape index (κ1) is 26.8. The van der Waals surface area contributed by atoms with Gasteiger partial charge in [-0.05, 0) is 18.6 Å². The van der Waals surface area contributed by atoms with E-state index >= 15 is 0 Å². The topological polar surface area (TPSA) is 79.2 Å². The van der Waals surface area contributed by atoms with Crippen LogP contribution in [0.4, 0.5) is 0 Å². The van der Waals surface area contributed by atoms with Crippen LogP contribution >= 0.6 is 12.2 Å². The van der Waals surface area contributed by atoms with Gasteiger partial charge in [-0.1, -0.05) is 90.4 Å². The molecule has 0 saturated carbocycles. The van der Waals surface area contributed by atoms with Crippen LogP contribution in [0.5, 0.6) is 0 Å². The van der Waals surface area contributed by atoms with E-state index in [0.717, 1.165) is 12.8 Å². The molecular weight excluding hydrogens is 388 g/mol. The Kier molecular flexibility index (Phi) is 16.1. The maximum absolute atomic E-state index is 10.1. The largest absolute Gasteiger partial charge is 0.479 e. The van der Waals surface area contributed by atoms with E-state index in [0.29, 0.717) is 11.5 Å². The summed E-state index contributed by atoms with van der Waals surface area (Å²) in [5.41, 5.74) is 0. The minimum Gasteiger partial charge on any atom is -0.479 e. The molecule has 0 aliphatic carbocycles. The van der Waals surface area contributed by atoms with E-state index in [1.54, 1.807) is 0 Å². The van der Waals surface area contributed by atoms with Crippen LogP contribution in [0.25, 0.3) is 0 Å². The number of aliphatic hydroxyl groups excluding tert-OH is 3. The minimum absolute atomic E-state index is 0.127. The molecule has 1 heterocycles. The van der Waals surface area contributed by atoms with Gasteiger partial charge in [0.15, 0.2) is 11.2 Å². The highest BCUT2D eigenvalue weighted by atomic mass is 32.1. The summed E-state index contributed by atoms with van der Waals surface area (Å²) >= 11 is 5.26. The molecule has 1 saturated heterocycles. The summed E-state index contributed by atoms with van der Waals surface area (Å²) < 4.78 is 10.9. The Morgan fingerprint density at radius 1 is 0.828 bits per heavy atom. The molecule has 0 spiro atoms. The highest BCUT2D eigenvalue weighted by Crippen LogP contribution is 2.19. The smallest absolute Gasteiger partial charge is 0.160 e. The van der Waals surface area contributed by atoms with E-state index in [2.05, 4.69) is 6.92 Å². The van der Waals surface area contributed by atoms with Gasteiger partial charge in [0.1, 0.15) is 18.3 Å². The zero-order valence-corrected chi connectivity index (χ0v) is 19.2. The molecule has 3 N–H and O–H groups in total. The summed E-state index contributed by atoms with van der Waals surface area (Å²) in [5, 5.41) is 29.5. The van der Waals surface area contributed by atoms with Gasteiger partial charge in [-0.25, -0.2) is 0 Å². The standard InChI is InChI=1S/C23H44O5S/c1-2-3-4-5-6-7-8-9-10-11-12-13-14-15-16-21(29)28-20-18-27-19(17-24)22(25)23(20)26/h19-20,22-26H,2-18H2,1H3/t19-,20+,22-,23-/m1/s1. The second kappa shape index (κ2) is 17.4. The third kappa shape index (κ3) is 12.2. The Balaban J connectivity index is 1.90. The monoisotopic (exact) mass is 432 g/mol. The zero-order chi connectivity index (χ0) is 21.3. The van der Waals surface area contributed by atoms with Crippen LogP contribution in [0.2, 0.25) is 0 Å². The second-order valence-electron chi connectivity index (χ2n) is 8.41. The number of unbranched alkanes of at least 4 members (excludes halogenated alkanes) is 13. The van der Waals surface area contributed by atoms with Gasteiger partial charge in [-0.15, -0.1) is 0 Å². The Morgan fingerprint density at radius 3 is 1.79 bits per heavy atom. The van der Waals surface area contributed by atoms with Gasteiger partial charge in [-0.2, -0.15) is 0 Å². The van der Waals surface area contributed by atoms with Crippen LogP contribution < -0.4 is 0 Å². The molecule has 29 heavy (non-hydrogen) atoms. The molecule has 0 unspecified atom stereocenters. The molecule has 6 heteroatoms. The Morgan fingerprint density at radius 2 is 1.31 bits per heavy atom. The molecule has 0 radical (unpaired) electrons. The lowest BCUT2D eigenvalue weighted by Gasteiger charge is -2.36. The lowest BCUT2D eigenvalue weighted by molar-refractivity contribution is -0.191. The maximum atomic E-state index is 10.1. The molecule has 1 aliphatic heterocycles. The van der Waals surface area contributed by atoms with Crippen molar-refractivity contribution in [3.63, 3.8) is 0 Å². The third-order valence-electron chi connectivity index (χ3n) is 5.78. The normalized spacial score (nSPS) is 24.6. The first-order valence-electron chi connectivity index (χ1n) is 11.9. The molecule has 0 aromatic rings. The molecule has 1 aliphatic rings. The van der Waals surface area contributed by atoms with Crippen molar-refractivity contribution in [1.29, 1.82) is 0 Å². The fraction of sp³-hybridized carbons (Fsp3) is 0.957. The molecule has 1 rings (SSSR count). The predicted molar refractivity (Wildman–Crippen MR) is 121 cm³/mol. The van der Waals surface area contributed by atoms with Crippen LogP contribution in [0, 0.1) is 0 Å². The van der Waals surface area contributed by atoms with Gasteiger partial charge in [0, 0.05) is 6.42 Å². The average Bonchev–Trinajstić information content (AvgIpc) is 2.72. The zero-order valence-electron chi connectivity index (χ0n) is 18.4. The fourth-order valence-corrected chi connectivity index (χ4v) is 4.08. The SMILES string of the molecule is CCCCCCCCCCCCCCCCC(=S)O[C@H]1CO[C@H](CO)[C@@H](O)[C@@H]1O. The van der Waals surface area contributed by atoms with Crippen LogP contribution in [0.1, 0.15) is 103 Å². The van der Waals surface area contributed by atoms with Crippen molar-refractivity contribution in [2.75, 3.05) is 13.2 Å². The minimum atomic E-state index is -1.15. The van der Waals surface area contributed by atoms with Gasteiger partial charge in [0.25, 0.3) is 0 Å². The lowest BCUT2D eigenvalue weighted by atomic mass is 10.0. The van der Waals surface area contributed by atoms with Crippen molar-refractivity contribution >= 4 is 17.3 Å². The number of thiocarbonyl (C=S) groups is 1. The molecule has 5 nitrogen and oxygen atoms in total. The Hall–Kier alpha value is -0.270. The molecule has 0 bridgehead atoms. The van der Waals surface area contributed by atoms with Gasteiger partial charge in [0.2, 0.25) is 0 Å². The second-order valence-corrected chi connectivity index (χ2v) is 8.87. The first-order chi connectivity index (χ1) is 14.1. The highest BCUT2D eigenvalue weighted by Gasteiger charge is 2.39. The van der Waals surface area contributed by atoms with E-state index < -0.39 is 24.4 Å². The predicted octanol–water partition coefficient (Wildman–Crippen LogP) is 4.68. The summed E-state index contributed by atoms with van der Waals surface area (Å²) in [6, 6.07) is 0. The number of rotatable bonds is 17. The van der Waals surface area contributed by atoms with Crippen molar-refractivity contribution in [3.05, 3.63) is 0 Å². The van der Waals surface area contributed by atoms with E-state index in [4.69, 9.17) is 26.8 Å². The van der Waals surface area contributed by atoms with Gasteiger partial charge < -0.3 is 24.8 Å². The number of aliphatic hydroxyl groups is 3. The molecule has 1 fully saturated rings. The summed E-state index contributed by atoms with van der Waals surface area (Å²) in [6.07, 6.45) is 15.5. The van der Waals surface area contributed by atoms with Gasteiger partial charge in [-0.3, -0.25) is 0 Å². The molecule has 0 aromatic heterocycles. The van der Waals surface area contributed by atoms with E-state index in [9.17, 15) is 10.2 Å². The van der Waals surface area contributed by atoms with Crippen molar-refractivity contribution in [1.82, 2.24) is 0 Å². The highest BCUT2D eigenvalue weighted by molar-refractivity contribution is 7.80. The first-order valence-corrected chi connectivity index (χ1v) is 12.3. The molecule has 0 aromatic carbocycles. The Labute approximate surface area is 183 Å². The van der Waals surface area contributed by atoms with E-state index in [1.165, 1.54) is 77.0 Å². The maximum Gasteiger partial charge on any atom is 0.160 e. The van der Waals surface area contributed by atoms with Gasteiger partial charge in [0.05, 0.1) is 13.2 Å². The Bertz CT molecular complexity index is 407. The molecular formula is C23H44O5S. The van der Waals surface area contributed by atoms with Crippen LogP contribution in [-0.4, -0.2) is 58.0 Å². The van der Waals surface area contributed by atoms with Crippen LogP contribution in [0.3, 0.4) is 0 Å². The molecule has 172 valence electrons. The summed E-state index contributed by atoms with van der Waals surface area (Å²) in [4.78, 5) is 0. The number of hydrogen-bond donors (Lipinski definition) is 3. The number of ether oxygens (including phenoxy) is 2. The molecule has 4 atom stereocenters. The third-order valence-corrected chi connectivity index (χ3v) is 6.08. The summed E-state index contributed by atoms with van der Waals surface area (Å²) in [5.74, 6) is 0.